The van der Waals surface area contributed by atoms with Crippen molar-refractivity contribution >= 4 is 35.1 Å². The van der Waals surface area contributed by atoms with Crippen molar-refractivity contribution in [3.8, 4) is 11.5 Å². The number of fused-ring (bicyclic) bond motifs is 1. The number of para-hydroxylation sites is 1. The molecule has 2 aromatic carbocycles. The number of aliphatic hydroxyl groups excluding tert-OH is 2. The molecule has 2 aliphatic heterocycles. The van der Waals surface area contributed by atoms with Crippen LogP contribution in [0.5, 0.6) is 11.5 Å². The Morgan fingerprint density at radius 1 is 1.14 bits per heavy atom. The van der Waals surface area contributed by atoms with E-state index in [1.807, 2.05) is 6.07 Å². The molecule has 234 valence electrons. The lowest BCUT2D eigenvalue weighted by Crippen LogP contribution is -2.42. The van der Waals surface area contributed by atoms with E-state index in [2.05, 4.69) is 5.32 Å². The van der Waals surface area contributed by atoms with Crippen LogP contribution in [0.1, 0.15) is 55.4 Å². The average Bonchev–Trinajstić information content (AvgIpc) is 3.12. The van der Waals surface area contributed by atoms with Crippen LogP contribution in [0.2, 0.25) is 0 Å². The second kappa shape index (κ2) is 13.9. The molecule has 1 fully saturated rings. The van der Waals surface area contributed by atoms with Crippen LogP contribution in [0.4, 0.5) is 5.69 Å². The number of hydrogen-bond donors (Lipinski definition) is 4. The number of methoxy groups -OCH3 is 2. The Labute approximate surface area is 255 Å². The third-order valence-electron chi connectivity index (χ3n) is 8.30. The summed E-state index contributed by atoms with van der Waals surface area (Å²) < 4.78 is 17.7. The van der Waals surface area contributed by atoms with Gasteiger partial charge in [-0.25, -0.2) is 0 Å². The SMILES string of the molecule is COc1cccc([C@H]2O[C@H](CC(=O)N3CCC(CC(=O)O)CC3)C(=O)Nc3ccc(CC(C)(CO)C(O)Cl)cc32)c1OC. The number of aliphatic carboxylic acids is 1. The number of ether oxygens (including phenoxy) is 3. The summed E-state index contributed by atoms with van der Waals surface area (Å²) in [6.07, 6.45) is -0.749. The number of rotatable bonds is 11. The Kier molecular flexibility index (Phi) is 10.5. The van der Waals surface area contributed by atoms with Crippen molar-refractivity contribution in [1.82, 2.24) is 4.90 Å². The number of carbonyl (C=O) groups excluding carboxylic acids is 2. The number of benzene rings is 2. The minimum absolute atomic E-state index is 0.0141. The van der Waals surface area contributed by atoms with Gasteiger partial charge in [0, 0.05) is 41.7 Å². The number of likely N-dealkylation sites (tertiary alicyclic amines) is 1. The first kappa shape index (κ1) is 32.5. The van der Waals surface area contributed by atoms with Crippen LogP contribution in [-0.4, -0.2) is 83.6 Å². The Hall–Kier alpha value is -3.38. The Morgan fingerprint density at radius 3 is 2.47 bits per heavy atom. The summed E-state index contributed by atoms with van der Waals surface area (Å²) >= 11 is 6.00. The lowest BCUT2D eigenvalue weighted by atomic mass is 9.84. The highest BCUT2D eigenvalue weighted by atomic mass is 35.5. The first-order chi connectivity index (χ1) is 20.5. The predicted octanol–water partition coefficient (Wildman–Crippen LogP) is 3.33. The maximum atomic E-state index is 13.5. The molecular formula is C31H39ClN2O9. The van der Waals surface area contributed by atoms with Gasteiger partial charge in [-0.3, -0.25) is 14.4 Å². The molecule has 43 heavy (non-hydrogen) atoms. The molecule has 0 saturated carbocycles. The topological polar surface area (TPSA) is 155 Å². The van der Waals surface area contributed by atoms with Crippen LogP contribution < -0.4 is 14.8 Å². The van der Waals surface area contributed by atoms with Crippen molar-refractivity contribution in [3.05, 3.63) is 53.1 Å². The van der Waals surface area contributed by atoms with Crippen molar-refractivity contribution in [3.63, 3.8) is 0 Å². The predicted molar refractivity (Wildman–Crippen MR) is 158 cm³/mol. The third kappa shape index (κ3) is 7.41. The summed E-state index contributed by atoms with van der Waals surface area (Å²) in [5, 5.41) is 32.1. The highest BCUT2D eigenvalue weighted by molar-refractivity contribution is 6.20. The summed E-state index contributed by atoms with van der Waals surface area (Å²) in [4.78, 5) is 39.5. The number of piperidine rings is 1. The highest BCUT2D eigenvalue weighted by Gasteiger charge is 2.37. The normalized spacial score (nSPS) is 21.2. The molecule has 2 heterocycles. The van der Waals surface area contributed by atoms with Crippen LogP contribution >= 0.6 is 11.6 Å². The molecule has 2 aliphatic rings. The fourth-order valence-corrected chi connectivity index (χ4v) is 5.81. The zero-order valence-electron chi connectivity index (χ0n) is 24.5. The largest absolute Gasteiger partial charge is 0.493 e. The Bertz CT molecular complexity index is 1330. The summed E-state index contributed by atoms with van der Waals surface area (Å²) in [7, 11) is 3.02. The van der Waals surface area contributed by atoms with Gasteiger partial charge in [0.2, 0.25) is 5.91 Å². The van der Waals surface area contributed by atoms with Crippen molar-refractivity contribution in [1.29, 1.82) is 0 Å². The second-order valence-electron chi connectivity index (χ2n) is 11.4. The lowest BCUT2D eigenvalue weighted by molar-refractivity contribution is -0.143. The molecule has 0 bridgehead atoms. The molecule has 4 N–H and O–H groups in total. The number of carboxylic acids is 1. The first-order valence-corrected chi connectivity index (χ1v) is 14.7. The zero-order chi connectivity index (χ0) is 31.3. The third-order valence-corrected chi connectivity index (χ3v) is 8.83. The number of aliphatic hydroxyl groups is 2. The van der Waals surface area contributed by atoms with Crippen LogP contribution in [0.25, 0.3) is 0 Å². The van der Waals surface area contributed by atoms with Crippen LogP contribution in [0.3, 0.4) is 0 Å². The minimum atomic E-state index is -1.30. The Balaban J connectivity index is 1.67. The molecule has 4 atom stereocenters. The number of alkyl halides is 1. The number of hydrogen-bond acceptors (Lipinski definition) is 8. The van der Waals surface area contributed by atoms with Crippen molar-refractivity contribution in [2.75, 3.05) is 39.2 Å². The van der Waals surface area contributed by atoms with Gasteiger partial charge in [-0.05, 0) is 42.9 Å². The van der Waals surface area contributed by atoms with Gasteiger partial charge in [-0.1, -0.05) is 42.8 Å². The molecule has 2 unspecified atom stereocenters. The highest BCUT2D eigenvalue weighted by Crippen LogP contribution is 2.44. The maximum Gasteiger partial charge on any atom is 0.303 e. The molecule has 0 aliphatic carbocycles. The van der Waals surface area contributed by atoms with Gasteiger partial charge in [0.25, 0.3) is 5.91 Å². The number of nitrogens with one attached hydrogen (secondary N) is 1. The van der Waals surface area contributed by atoms with E-state index in [0.29, 0.717) is 54.2 Å². The Morgan fingerprint density at radius 2 is 1.86 bits per heavy atom. The smallest absolute Gasteiger partial charge is 0.303 e. The number of amides is 2. The van der Waals surface area contributed by atoms with Gasteiger partial charge < -0.3 is 39.7 Å². The summed E-state index contributed by atoms with van der Waals surface area (Å²) in [6, 6.07) is 10.6. The van der Waals surface area contributed by atoms with E-state index in [9.17, 15) is 24.6 Å². The van der Waals surface area contributed by atoms with Crippen molar-refractivity contribution in [2.24, 2.45) is 11.3 Å². The molecule has 12 heteroatoms. The van der Waals surface area contributed by atoms with Crippen molar-refractivity contribution < 1.29 is 43.9 Å². The summed E-state index contributed by atoms with van der Waals surface area (Å²) in [5.74, 6) is -0.715. The van der Waals surface area contributed by atoms with Crippen LogP contribution in [-0.2, 0) is 25.5 Å². The fraction of sp³-hybridized carbons (Fsp3) is 0.516. The first-order valence-electron chi connectivity index (χ1n) is 14.2. The fourth-order valence-electron chi connectivity index (χ4n) is 5.67. The average molecular weight is 619 g/mol. The van der Waals surface area contributed by atoms with Gasteiger partial charge in [-0.15, -0.1) is 0 Å². The van der Waals surface area contributed by atoms with Gasteiger partial charge in [0.1, 0.15) is 17.8 Å². The van der Waals surface area contributed by atoms with E-state index in [1.54, 1.807) is 42.2 Å². The summed E-state index contributed by atoms with van der Waals surface area (Å²) in [6.45, 7) is 2.14. The van der Waals surface area contributed by atoms with E-state index in [-0.39, 0.29) is 37.7 Å². The van der Waals surface area contributed by atoms with E-state index >= 15 is 0 Å². The van der Waals surface area contributed by atoms with Crippen LogP contribution in [0, 0.1) is 11.3 Å². The second-order valence-corrected chi connectivity index (χ2v) is 11.9. The number of nitrogens with zero attached hydrogens (tertiary/aromatic N) is 1. The molecule has 0 aromatic heterocycles. The minimum Gasteiger partial charge on any atom is -0.493 e. The monoisotopic (exact) mass is 618 g/mol. The standard InChI is InChI=1S/C31H39ClN2O9/c1-31(17-35,30(32)40)16-19-7-8-22-21(13-19)27(20-5-4-6-23(41-2)28(20)42-3)43-24(29(39)33-22)15-25(36)34-11-9-18(10-12-34)14-26(37)38/h4-8,13,18,24,27,30,35,40H,9-12,14-17H2,1-3H3,(H,33,39)(H,37,38)/t24-,27-,30?,31?/m1/s1. The molecule has 0 radical (unpaired) electrons. The van der Waals surface area contributed by atoms with Gasteiger partial charge in [0.05, 0.1) is 27.2 Å². The number of carboxylic acid groups (broad SMARTS) is 1. The summed E-state index contributed by atoms with van der Waals surface area (Å²) in [5.41, 5.74) is 0.0487. The molecule has 0 spiro atoms. The van der Waals surface area contributed by atoms with E-state index in [0.717, 1.165) is 5.56 Å². The molecule has 4 rings (SSSR count). The van der Waals surface area contributed by atoms with E-state index in [1.165, 1.54) is 14.2 Å². The quantitative estimate of drug-likeness (QED) is 0.278. The van der Waals surface area contributed by atoms with Crippen LogP contribution in [0.15, 0.2) is 36.4 Å². The number of anilines is 1. The number of carbonyl (C=O) groups is 3. The van der Waals surface area contributed by atoms with Crippen molar-refractivity contribution in [2.45, 2.75) is 56.8 Å². The van der Waals surface area contributed by atoms with E-state index < -0.39 is 35.1 Å². The lowest BCUT2D eigenvalue weighted by Gasteiger charge is -2.32. The molecule has 11 nitrogen and oxygen atoms in total. The van der Waals surface area contributed by atoms with Gasteiger partial charge in [0.15, 0.2) is 11.5 Å². The van der Waals surface area contributed by atoms with E-state index in [4.69, 9.17) is 30.9 Å². The maximum absolute atomic E-state index is 13.5. The van der Waals surface area contributed by atoms with Gasteiger partial charge >= 0.3 is 5.97 Å². The van der Waals surface area contributed by atoms with Gasteiger partial charge in [-0.2, -0.15) is 0 Å². The molecule has 2 amide bonds. The molecular weight excluding hydrogens is 580 g/mol. The molecule has 1 saturated heterocycles. The molecule has 2 aromatic rings. The zero-order valence-corrected chi connectivity index (χ0v) is 25.3. The number of halogens is 1.